The Hall–Kier alpha value is -0.960. The first-order valence-electron chi connectivity index (χ1n) is 7.28. The minimum Gasteiger partial charge on any atom is -0.390 e. The van der Waals surface area contributed by atoms with E-state index in [-0.39, 0.29) is 0 Å². The zero-order valence-corrected chi connectivity index (χ0v) is 13.0. The number of H-pyrrole nitrogens is 1. The summed E-state index contributed by atoms with van der Waals surface area (Å²) in [7, 11) is -3.27. The van der Waals surface area contributed by atoms with Crippen LogP contribution < -0.4 is 0 Å². The zero-order chi connectivity index (χ0) is 15.1. The van der Waals surface area contributed by atoms with Gasteiger partial charge in [-0.1, -0.05) is 0 Å². The molecular weight excluding hydrogens is 292 g/mol. The van der Waals surface area contributed by atoms with E-state index in [9.17, 15) is 13.5 Å². The Kier molecular flexibility index (Phi) is 3.81. The van der Waals surface area contributed by atoms with Crippen LogP contribution in [0.2, 0.25) is 0 Å². The van der Waals surface area contributed by atoms with Crippen molar-refractivity contribution in [3.8, 4) is 0 Å². The third kappa shape index (κ3) is 2.73. The van der Waals surface area contributed by atoms with E-state index < -0.39 is 21.7 Å². The minimum absolute atomic E-state index is 0.491. The second kappa shape index (κ2) is 5.35. The largest absolute Gasteiger partial charge is 0.390 e. The molecule has 0 radical (unpaired) electrons. The van der Waals surface area contributed by atoms with E-state index in [0.717, 1.165) is 25.1 Å². The number of aromatic nitrogens is 2. The van der Waals surface area contributed by atoms with E-state index in [1.54, 1.807) is 6.20 Å². The van der Waals surface area contributed by atoms with Crippen LogP contribution in [0, 0.1) is 0 Å². The summed E-state index contributed by atoms with van der Waals surface area (Å²) in [5, 5.41) is 17.5. The van der Waals surface area contributed by atoms with E-state index in [4.69, 9.17) is 0 Å². The van der Waals surface area contributed by atoms with Gasteiger partial charge in [-0.2, -0.15) is 9.40 Å². The molecule has 7 nitrogen and oxygen atoms in total. The summed E-state index contributed by atoms with van der Waals surface area (Å²) < 4.78 is 25.5. The Morgan fingerprint density at radius 1 is 1.48 bits per heavy atom. The lowest BCUT2D eigenvalue weighted by Gasteiger charge is -2.47. The molecule has 3 heterocycles. The summed E-state index contributed by atoms with van der Waals surface area (Å²) in [6.45, 7) is 2.50. The number of aliphatic hydroxyl groups is 1. The van der Waals surface area contributed by atoms with Crippen LogP contribution in [0.25, 0.3) is 0 Å². The van der Waals surface area contributed by atoms with Gasteiger partial charge in [0.15, 0.2) is 0 Å². The molecule has 3 rings (SSSR count). The molecule has 0 aliphatic carbocycles. The fourth-order valence-electron chi connectivity index (χ4n) is 3.74. The molecule has 2 N–H and O–H groups in total. The molecule has 1 spiro atoms. The number of nitrogens with one attached hydrogen (secondary N) is 1. The van der Waals surface area contributed by atoms with Gasteiger partial charge >= 0.3 is 0 Å². The number of β-amino-alcohol motifs (C(OH)–C–C–N with tert-alkyl or cyclic N) is 1. The second-order valence-electron chi connectivity index (χ2n) is 6.13. The average Bonchev–Trinajstić information content (AvgIpc) is 3.03. The maximum absolute atomic E-state index is 12.0. The van der Waals surface area contributed by atoms with Crippen LogP contribution in [-0.4, -0.2) is 70.5 Å². The number of nitrogens with zero attached hydrogens (tertiary/aromatic N) is 3. The van der Waals surface area contributed by atoms with Crippen molar-refractivity contribution in [1.29, 1.82) is 0 Å². The van der Waals surface area contributed by atoms with Crippen molar-refractivity contribution >= 4 is 10.0 Å². The highest BCUT2D eigenvalue weighted by atomic mass is 32.2. The minimum atomic E-state index is -3.27. The fraction of sp³-hybridized carbons (Fsp3) is 0.769. The van der Waals surface area contributed by atoms with Gasteiger partial charge in [0.25, 0.3) is 0 Å². The molecule has 2 aliphatic heterocycles. The number of rotatable bonds is 3. The first-order valence-corrected chi connectivity index (χ1v) is 9.13. The third-order valence-electron chi connectivity index (χ3n) is 4.73. The molecule has 118 valence electrons. The number of sulfonamides is 1. The molecule has 0 aromatic carbocycles. The zero-order valence-electron chi connectivity index (χ0n) is 12.2. The number of aliphatic hydroxyl groups excluding tert-OH is 1. The smallest absolute Gasteiger partial charge is 0.211 e. The second-order valence-corrected chi connectivity index (χ2v) is 8.03. The summed E-state index contributed by atoms with van der Waals surface area (Å²) in [4.78, 5) is 2.14. The predicted octanol–water partition coefficient (Wildman–Crippen LogP) is -0.229. The number of likely N-dealkylation sites (tertiary alicyclic amines) is 1. The summed E-state index contributed by atoms with van der Waals surface area (Å²) in [5.74, 6) is 0. The van der Waals surface area contributed by atoms with Gasteiger partial charge in [-0.05, 0) is 25.3 Å². The lowest BCUT2D eigenvalue weighted by Crippen LogP contribution is -2.62. The topological polar surface area (TPSA) is 89.5 Å². The van der Waals surface area contributed by atoms with E-state index in [1.807, 2.05) is 6.07 Å². The highest BCUT2D eigenvalue weighted by Crippen LogP contribution is 2.40. The molecule has 1 aromatic heterocycles. The summed E-state index contributed by atoms with van der Waals surface area (Å²) in [6.07, 6.45) is 4.55. The molecule has 0 saturated carbocycles. The molecule has 2 aliphatic rings. The van der Waals surface area contributed by atoms with Crippen molar-refractivity contribution < 1.29 is 13.5 Å². The van der Waals surface area contributed by atoms with Crippen LogP contribution in [0.1, 0.15) is 25.0 Å². The van der Waals surface area contributed by atoms with Crippen molar-refractivity contribution in [1.82, 2.24) is 19.4 Å². The maximum Gasteiger partial charge on any atom is 0.211 e. The van der Waals surface area contributed by atoms with Crippen molar-refractivity contribution in [2.24, 2.45) is 0 Å². The molecule has 8 heteroatoms. The summed E-state index contributed by atoms with van der Waals surface area (Å²) >= 11 is 0. The van der Waals surface area contributed by atoms with E-state index in [0.29, 0.717) is 26.1 Å². The fourth-order valence-corrected chi connectivity index (χ4v) is 5.16. The Bertz CT molecular complexity index is 589. The molecule has 21 heavy (non-hydrogen) atoms. The molecule has 0 amide bonds. The molecule has 0 unspecified atom stereocenters. The average molecular weight is 314 g/mol. The normalized spacial score (nSPS) is 32.0. The number of piperidine rings is 1. The molecule has 2 atom stereocenters. The van der Waals surface area contributed by atoms with E-state index in [1.165, 1.54) is 10.6 Å². The van der Waals surface area contributed by atoms with Crippen molar-refractivity contribution in [2.45, 2.75) is 37.5 Å². The van der Waals surface area contributed by atoms with Crippen molar-refractivity contribution in [3.05, 3.63) is 18.0 Å². The Morgan fingerprint density at radius 3 is 2.90 bits per heavy atom. The van der Waals surface area contributed by atoms with Crippen LogP contribution >= 0.6 is 0 Å². The van der Waals surface area contributed by atoms with Crippen LogP contribution in [0.4, 0.5) is 0 Å². The van der Waals surface area contributed by atoms with Gasteiger partial charge in [-0.25, -0.2) is 8.42 Å². The maximum atomic E-state index is 12.0. The summed E-state index contributed by atoms with van der Waals surface area (Å²) in [6, 6.07) is 1.91. The van der Waals surface area contributed by atoms with Crippen LogP contribution in [0.15, 0.2) is 12.3 Å². The van der Waals surface area contributed by atoms with Gasteiger partial charge in [0.05, 0.1) is 17.9 Å². The number of hydrogen-bond acceptors (Lipinski definition) is 5. The molecular formula is C13H22N4O3S. The van der Waals surface area contributed by atoms with Crippen molar-refractivity contribution in [3.63, 3.8) is 0 Å². The van der Waals surface area contributed by atoms with Crippen LogP contribution in [0.3, 0.4) is 0 Å². The Labute approximate surface area is 125 Å². The van der Waals surface area contributed by atoms with Crippen LogP contribution in [0.5, 0.6) is 0 Å². The molecule has 1 aromatic rings. The van der Waals surface area contributed by atoms with E-state index >= 15 is 0 Å². The molecule has 0 bridgehead atoms. The van der Waals surface area contributed by atoms with Crippen LogP contribution in [-0.2, 0) is 16.6 Å². The van der Waals surface area contributed by atoms with Gasteiger partial charge in [-0.3, -0.25) is 10.00 Å². The lowest BCUT2D eigenvalue weighted by molar-refractivity contribution is -0.0382. The first-order chi connectivity index (χ1) is 9.92. The summed E-state index contributed by atoms with van der Waals surface area (Å²) in [5.41, 5.74) is 0.405. The number of aromatic amines is 1. The van der Waals surface area contributed by atoms with Crippen molar-refractivity contribution in [2.75, 3.05) is 25.9 Å². The standard InChI is InChI=1S/C13H22N4O3S/c1-21(19,20)17-7-2-4-13(17)5-8-16(10-12(13)18)9-11-3-6-14-15-11/h3,6,12,18H,2,4-5,7-10H2,1H3,(H,14,15)/t12-,13-/m0/s1. The Morgan fingerprint density at radius 2 is 2.29 bits per heavy atom. The van der Waals surface area contributed by atoms with Gasteiger partial charge in [0.2, 0.25) is 10.0 Å². The monoisotopic (exact) mass is 314 g/mol. The quantitative estimate of drug-likeness (QED) is 0.804. The van der Waals surface area contributed by atoms with E-state index in [2.05, 4.69) is 15.1 Å². The highest BCUT2D eigenvalue weighted by molar-refractivity contribution is 7.88. The van der Waals surface area contributed by atoms with Gasteiger partial charge in [-0.15, -0.1) is 0 Å². The van der Waals surface area contributed by atoms with Gasteiger partial charge < -0.3 is 5.11 Å². The van der Waals surface area contributed by atoms with Gasteiger partial charge in [0, 0.05) is 38.1 Å². The third-order valence-corrected chi connectivity index (χ3v) is 6.08. The van der Waals surface area contributed by atoms with Gasteiger partial charge in [0.1, 0.15) is 0 Å². The lowest BCUT2D eigenvalue weighted by atomic mass is 9.83. The number of hydrogen-bond donors (Lipinski definition) is 2. The SMILES string of the molecule is CS(=O)(=O)N1CCC[C@@]12CCN(Cc1ccn[nH]1)C[C@@H]2O. The predicted molar refractivity (Wildman–Crippen MR) is 78.0 cm³/mol. The molecule has 2 fully saturated rings. The highest BCUT2D eigenvalue weighted by Gasteiger charge is 2.52. The Balaban J connectivity index is 1.73. The molecule has 2 saturated heterocycles. The first kappa shape index (κ1) is 15.0.